The first kappa shape index (κ1) is 19.8. The number of aromatic nitrogens is 2. The normalized spacial score (nSPS) is 15.8. The maximum Gasteiger partial charge on any atom is 0.263 e. The molecule has 1 aliphatic heterocycles. The monoisotopic (exact) mass is 439 g/mol. The first-order valence-corrected chi connectivity index (χ1v) is 12.5. The number of nitrogens with zero attached hydrogens (tertiary/aromatic N) is 3. The van der Waals surface area contributed by atoms with E-state index in [-0.39, 0.29) is 17.2 Å². The molecule has 2 aliphatic rings. The SMILES string of the molecule is CCn1c(SCC(=O)N2CCCc3ccccc32)nc2sc3c(c2c1=O)CCCC3. The Morgan fingerprint density at radius 3 is 2.87 bits per heavy atom. The van der Waals surface area contributed by atoms with E-state index in [1.807, 2.05) is 30.0 Å². The second kappa shape index (κ2) is 8.19. The number of thiophene rings is 1. The molecule has 0 bridgehead atoms. The minimum Gasteiger partial charge on any atom is -0.311 e. The van der Waals surface area contributed by atoms with Crippen molar-refractivity contribution in [2.24, 2.45) is 0 Å². The molecule has 0 saturated carbocycles. The number of hydrogen-bond donors (Lipinski definition) is 0. The average Bonchev–Trinajstić information content (AvgIpc) is 3.15. The number of aryl methyl sites for hydroxylation is 3. The predicted molar refractivity (Wildman–Crippen MR) is 124 cm³/mol. The van der Waals surface area contributed by atoms with Crippen LogP contribution in [-0.2, 0) is 30.6 Å². The Kier molecular flexibility index (Phi) is 5.41. The van der Waals surface area contributed by atoms with E-state index in [1.54, 1.807) is 15.9 Å². The predicted octanol–water partition coefficient (Wildman–Crippen LogP) is 4.43. The maximum atomic E-state index is 13.2. The maximum absolute atomic E-state index is 13.2. The van der Waals surface area contributed by atoms with Crippen molar-refractivity contribution in [3.8, 4) is 0 Å². The van der Waals surface area contributed by atoms with Crippen molar-refractivity contribution in [2.45, 2.75) is 57.1 Å². The van der Waals surface area contributed by atoms with Gasteiger partial charge >= 0.3 is 0 Å². The van der Waals surface area contributed by atoms with E-state index in [4.69, 9.17) is 4.98 Å². The van der Waals surface area contributed by atoms with Crippen molar-refractivity contribution >= 4 is 44.9 Å². The summed E-state index contributed by atoms with van der Waals surface area (Å²) < 4.78 is 1.74. The lowest BCUT2D eigenvalue weighted by molar-refractivity contribution is -0.116. The van der Waals surface area contributed by atoms with Gasteiger partial charge in [-0.15, -0.1) is 11.3 Å². The van der Waals surface area contributed by atoms with E-state index in [9.17, 15) is 9.59 Å². The van der Waals surface area contributed by atoms with Crippen molar-refractivity contribution in [3.63, 3.8) is 0 Å². The van der Waals surface area contributed by atoms with Crippen LogP contribution in [0.2, 0.25) is 0 Å². The number of benzene rings is 1. The lowest BCUT2D eigenvalue weighted by Crippen LogP contribution is -2.36. The van der Waals surface area contributed by atoms with E-state index in [1.165, 1.54) is 34.2 Å². The largest absolute Gasteiger partial charge is 0.311 e. The summed E-state index contributed by atoms with van der Waals surface area (Å²) in [7, 11) is 0. The molecule has 7 heteroatoms. The highest BCUT2D eigenvalue weighted by Gasteiger charge is 2.25. The minimum absolute atomic E-state index is 0.0557. The zero-order chi connectivity index (χ0) is 20.7. The number of hydrogen-bond acceptors (Lipinski definition) is 5. The molecule has 3 aromatic rings. The number of amides is 1. The molecule has 0 atom stereocenters. The van der Waals surface area contributed by atoms with Crippen molar-refractivity contribution in [3.05, 3.63) is 50.6 Å². The van der Waals surface area contributed by atoms with Gasteiger partial charge in [-0.25, -0.2) is 4.98 Å². The Hall–Kier alpha value is -2.12. The first-order chi connectivity index (χ1) is 14.7. The highest BCUT2D eigenvalue weighted by Crippen LogP contribution is 2.35. The summed E-state index contributed by atoms with van der Waals surface area (Å²) in [5, 5.41) is 1.48. The molecule has 1 aliphatic carbocycles. The minimum atomic E-state index is 0.0557. The van der Waals surface area contributed by atoms with E-state index >= 15 is 0 Å². The zero-order valence-electron chi connectivity index (χ0n) is 17.1. The number of carbonyl (C=O) groups is 1. The van der Waals surface area contributed by atoms with Crippen molar-refractivity contribution < 1.29 is 4.79 Å². The highest BCUT2D eigenvalue weighted by molar-refractivity contribution is 7.99. The van der Waals surface area contributed by atoms with Gasteiger partial charge in [-0.1, -0.05) is 30.0 Å². The smallest absolute Gasteiger partial charge is 0.263 e. The van der Waals surface area contributed by atoms with Crippen molar-refractivity contribution in [1.29, 1.82) is 0 Å². The summed E-state index contributed by atoms with van der Waals surface area (Å²) >= 11 is 3.06. The van der Waals surface area contributed by atoms with Crippen LogP contribution in [0.5, 0.6) is 0 Å². The number of para-hydroxylation sites is 1. The summed E-state index contributed by atoms with van der Waals surface area (Å²) in [5.74, 6) is 0.367. The number of carbonyl (C=O) groups excluding carboxylic acids is 1. The number of thioether (sulfide) groups is 1. The molecular formula is C23H25N3O2S2. The number of fused-ring (bicyclic) bond motifs is 4. The quantitative estimate of drug-likeness (QED) is 0.446. The van der Waals surface area contributed by atoms with Crippen LogP contribution >= 0.6 is 23.1 Å². The molecule has 0 unspecified atom stereocenters. The molecule has 0 radical (unpaired) electrons. The second-order valence-electron chi connectivity index (χ2n) is 7.90. The molecule has 5 nitrogen and oxygen atoms in total. The molecule has 2 aromatic heterocycles. The molecule has 30 heavy (non-hydrogen) atoms. The van der Waals surface area contributed by atoms with Gasteiger partial charge in [0.05, 0.1) is 11.1 Å². The van der Waals surface area contributed by atoms with Crippen LogP contribution in [0.1, 0.15) is 42.2 Å². The van der Waals surface area contributed by atoms with E-state index in [0.29, 0.717) is 11.7 Å². The Bertz CT molecular complexity index is 1180. The highest BCUT2D eigenvalue weighted by atomic mass is 32.2. The van der Waals surface area contributed by atoms with Crippen molar-refractivity contribution in [1.82, 2.24) is 9.55 Å². The summed E-state index contributed by atoms with van der Waals surface area (Å²) in [6.45, 7) is 3.29. The molecule has 0 fully saturated rings. The van der Waals surface area contributed by atoms with Crippen LogP contribution < -0.4 is 10.5 Å². The van der Waals surface area contributed by atoms with Gasteiger partial charge < -0.3 is 4.90 Å². The fourth-order valence-corrected chi connectivity index (χ4v) is 6.85. The van der Waals surface area contributed by atoms with E-state index in [0.717, 1.165) is 54.6 Å². The molecule has 1 amide bonds. The molecule has 5 rings (SSSR count). The average molecular weight is 440 g/mol. The Balaban J connectivity index is 1.43. The van der Waals surface area contributed by atoms with Gasteiger partial charge in [-0.2, -0.15) is 0 Å². The summed E-state index contributed by atoms with van der Waals surface area (Å²) in [6.07, 6.45) is 6.37. The zero-order valence-corrected chi connectivity index (χ0v) is 18.8. The van der Waals surface area contributed by atoms with Gasteiger partial charge in [0.15, 0.2) is 5.16 Å². The fourth-order valence-electron chi connectivity index (χ4n) is 4.61. The molecule has 0 saturated heterocycles. The standard InChI is InChI=1S/C23H25N3O2S2/c1-2-25-22(28)20-16-10-4-6-12-18(16)30-21(20)24-23(25)29-14-19(27)26-13-7-9-15-8-3-5-11-17(15)26/h3,5,8,11H,2,4,6-7,9-10,12-14H2,1H3. The Morgan fingerprint density at radius 2 is 2.00 bits per heavy atom. The van der Waals surface area contributed by atoms with Crippen LogP contribution in [0, 0.1) is 0 Å². The third-order valence-electron chi connectivity index (χ3n) is 6.09. The van der Waals surface area contributed by atoms with Crippen molar-refractivity contribution in [2.75, 3.05) is 17.2 Å². The molecular weight excluding hydrogens is 414 g/mol. The fraction of sp³-hybridized carbons (Fsp3) is 0.435. The van der Waals surface area contributed by atoms with Gasteiger partial charge in [-0.05, 0) is 62.6 Å². The Morgan fingerprint density at radius 1 is 1.17 bits per heavy atom. The topological polar surface area (TPSA) is 55.2 Å². The Labute approximate surface area is 184 Å². The van der Waals surface area contributed by atoms with Crippen LogP contribution in [0.3, 0.4) is 0 Å². The molecule has 0 spiro atoms. The van der Waals surface area contributed by atoms with Gasteiger partial charge in [-0.3, -0.25) is 14.2 Å². The summed E-state index contributed by atoms with van der Waals surface area (Å²) in [5.41, 5.74) is 3.53. The number of rotatable bonds is 4. The van der Waals surface area contributed by atoms with Crippen LogP contribution in [0.25, 0.3) is 10.2 Å². The third-order valence-corrected chi connectivity index (χ3v) is 8.24. The molecule has 156 valence electrons. The summed E-state index contributed by atoms with van der Waals surface area (Å²) in [6, 6.07) is 8.14. The van der Waals surface area contributed by atoms with Gasteiger partial charge in [0.1, 0.15) is 4.83 Å². The summed E-state index contributed by atoms with van der Waals surface area (Å²) in [4.78, 5) is 35.2. The van der Waals surface area contributed by atoms with E-state index < -0.39 is 0 Å². The van der Waals surface area contributed by atoms with Crippen LogP contribution in [0.15, 0.2) is 34.2 Å². The van der Waals surface area contributed by atoms with E-state index in [2.05, 4.69) is 6.07 Å². The molecule has 0 N–H and O–H groups in total. The van der Waals surface area contributed by atoms with Gasteiger partial charge in [0, 0.05) is 23.7 Å². The van der Waals surface area contributed by atoms with Crippen LogP contribution in [-0.4, -0.2) is 27.8 Å². The lowest BCUT2D eigenvalue weighted by Gasteiger charge is -2.29. The second-order valence-corrected chi connectivity index (χ2v) is 9.93. The number of anilines is 1. The van der Waals surface area contributed by atoms with Crippen LogP contribution in [0.4, 0.5) is 5.69 Å². The van der Waals surface area contributed by atoms with Gasteiger partial charge in [0.25, 0.3) is 5.56 Å². The lowest BCUT2D eigenvalue weighted by atomic mass is 9.97. The molecule has 1 aromatic carbocycles. The third kappa shape index (κ3) is 3.38. The van der Waals surface area contributed by atoms with Gasteiger partial charge in [0.2, 0.25) is 5.91 Å². The molecule has 3 heterocycles. The first-order valence-electron chi connectivity index (χ1n) is 10.7.